The van der Waals surface area contributed by atoms with E-state index in [1.54, 1.807) is 0 Å². The van der Waals surface area contributed by atoms with Gasteiger partial charge in [-0.15, -0.1) is 0 Å². The molecular formula is C13H18FN3O2. The molecule has 0 unspecified atom stereocenters. The minimum atomic E-state index is -0.698. The number of halogens is 1. The normalized spacial score (nSPS) is 10.2. The van der Waals surface area contributed by atoms with Gasteiger partial charge in [-0.3, -0.25) is 9.59 Å². The molecule has 0 radical (unpaired) electrons. The highest BCUT2D eigenvalue weighted by atomic mass is 19.1. The van der Waals surface area contributed by atoms with Gasteiger partial charge in [0.05, 0.1) is 12.1 Å². The van der Waals surface area contributed by atoms with E-state index < -0.39 is 17.6 Å². The molecule has 1 rings (SSSR count). The van der Waals surface area contributed by atoms with Crippen molar-refractivity contribution >= 4 is 17.5 Å². The predicted octanol–water partition coefficient (Wildman–Crippen LogP) is 1.14. The van der Waals surface area contributed by atoms with Crippen LogP contribution in [0.25, 0.3) is 0 Å². The van der Waals surface area contributed by atoms with Gasteiger partial charge in [-0.05, 0) is 24.6 Å². The number of carbonyl (C=O) groups is 2. The minimum Gasteiger partial charge on any atom is -0.399 e. The van der Waals surface area contributed by atoms with Crippen molar-refractivity contribution in [2.45, 2.75) is 19.8 Å². The average molecular weight is 267 g/mol. The highest BCUT2D eigenvalue weighted by Crippen LogP contribution is 2.14. The molecule has 0 aliphatic rings. The standard InChI is InChI=1S/C13H18FN3O2/c1-2-3-6-17(8-12(16)18)13(19)10-5-4-9(15)7-11(10)14/h4-5,7H,2-3,6,8,15H2,1H3,(H2,16,18). The fourth-order valence-corrected chi connectivity index (χ4v) is 1.66. The molecule has 0 aliphatic heterocycles. The van der Waals surface area contributed by atoms with Crippen LogP contribution in [0.4, 0.5) is 10.1 Å². The monoisotopic (exact) mass is 267 g/mol. The Bertz CT molecular complexity index is 477. The van der Waals surface area contributed by atoms with Gasteiger partial charge in [-0.1, -0.05) is 13.3 Å². The molecular weight excluding hydrogens is 249 g/mol. The van der Waals surface area contributed by atoms with Gasteiger partial charge in [-0.25, -0.2) is 4.39 Å². The quantitative estimate of drug-likeness (QED) is 0.757. The number of nitrogen functional groups attached to an aromatic ring is 1. The lowest BCUT2D eigenvalue weighted by molar-refractivity contribution is -0.118. The predicted molar refractivity (Wildman–Crippen MR) is 70.8 cm³/mol. The highest BCUT2D eigenvalue weighted by molar-refractivity contribution is 5.96. The third kappa shape index (κ3) is 4.24. The Morgan fingerprint density at radius 2 is 2.05 bits per heavy atom. The van der Waals surface area contributed by atoms with Crippen molar-refractivity contribution in [3.8, 4) is 0 Å². The van der Waals surface area contributed by atoms with Gasteiger partial charge in [0.2, 0.25) is 5.91 Å². The van der Waals surface area contributed by atoms with Crippen molar-refractivity contribution in [2.75, 3.05) is 18.8 Å². The van der Waals surface area contributed by atoms with E-state index in [1.807, 2.05) is 6.92 Å². The van der Waals surface area contributed by atoms with Crippen molar-refractivity contribution in [1.82, 2.24) is 4.90 Å². The Labute approximate surface area is 111 Å². The Kier molecular flexibility index (Phi) is 5.29. The first-order chi connectivity index (χ1) is 8.95. The van der Waals surface area contributed by atoms with Crippen LogP contribution in [0.15, 0.2) is 18.2 Å². The molecule has 0 saturated heterocycles. The largest absolute Gasteiger partial charge is 0.399 e. The molecule has 0 atom stereocenters. The minimum absolute atomic E-state index is 0.105. The number of primary amides is 1. The van der Waals surface area contributed by atoms with Crippen LogP contribution in [-0.4, -0.2) is 29.8 Å². The van der Waals surface area contributed by atoms with E-state index in [0.717, 1.165) is 18.9 Å². The number of unbranched alkanes of at least 4 members (excludes halogenated alkanes) is 1. The number of benzene rings is 1. The lowest BCUT2D eigenvalue weighted by Crippen LogP contribution is -2.39. The number of hydrogen-bond acceptors (Lipinski definition) is 3. The molecule has 104 valence electrons. The zero-order valence-electron chi connectivity index (χ0n) is 10.9. The SMILES string of the molecule is CCCCN(CC(N)=O)C(=O)c1ccc(N)cc1F. The summed E-state index contributed by atoms with van der Waals surface area (Å²) in [6.07, 6.45) is 1.57. The third-order valence-corrected chi connectivity index (χ3v) is 2.64. The second-order valence-electron chi connectivity index (χ2n) is 4.29. The third-order valence-electron chi connectivity index (χ3n) is 2.64. The number of nitrogens with zero attached hydrogens (tertiary/aromatic N) is 1. The second-order valence-corrected chi connectivity index (χ2v) is 4.29. The Hall–Kier alpha value is -2.11. The molecule has 4 N–H and O–H groups in total. The van der Waals surface area contributed by atoms with Crippen LogP contribution >= 0.6 is 0 Å². The lowest BCUT2D eigenvalue weighted by atomic mass is 10.1. The topological polar surface area (TPSA) is 89.4 Å². The van der Waals surface area contributed by atoms with E-state index in [9.17, 15) is 14.0 Å². The van der Waals surface area contributed by atoms with Gasteiger partial charge < -0.3 is 16.4 Å². The van der Waals surface area contributed by atoms with Gasteiger partial charge in [-0.2, -0.15) is 0 Å². The maximum atomic E-state index is 13.7. The van der Waals surface area contributed by atoms with Gasteiger partial charge >= 0.3 is 0 Å². The summed E-state index contributed by atoms with van der Waals surface area (Å²) in [6, 6.07) is 3.83. The average Bonchev–Trinajstić information content (AvgIpc) is 2.33. The summed E-state index contributed by atoms with van der Waals surface area (Å²) in [5, 5.41) is 0. The number of nitrogens with two attached hydrogens (primary N) is 2. The molecule has 0 heterocycles. The van der Waals surface area contributed by atoms with Crippen molar-refractivity contribution in [3.63, 3.8) is 0 Å². The van der Waals surface area contributed by atoms with E-state index in [2.05, 4.69) is 0 Å². The molecule has 0 saturated carbocycles. The highest BCUT2D eigenvalue weighted by Gasteiger charge is 2.20. The first-order valence-electron chi connectivity index (χ1n) is 6.08. The summed E-state index contributed by atoms with van der Waals surface area (Å²) in [7, 11) is 0. The summed E-state index contributed by atoms with van der Waals surface area (Å²) < 4.78 is 13.7. The molecule has 2 amide bonds. The van der Waals surface area contributed by atoms with Crippen LogP contribution in [-0.2, 0) is 4.79 Å². The zero-order chi connectivity index (χ0) is 14.4. The first-order valence-corrected chi connectivity index (χ1v) is 6.08. The van der Waals surface area contributed by atoms with Crippen LogP contribution in [0.1, 0.15) is 30.1 Å². The summed E-state index contributed by atoms with van der Waals surface area (Å²) in [5.74, 6) is -1.87. The van der Waals surface area contributed by atoms with E-state index in [4.69, 9.17) is 11.5 Å². The maximum Gasteiger partial charge on any atom is 0.257 e. The van der Waals surface area contributed by atoms with Crippen LogP contribution in [0.3, 0.4) is 0 Å². The number of hydrogen-bond donors (Lipinski definition) is 2. The zero-order valence-corrected chi connectivity index (χ0v) is 10.9. The molecule has 0 spiro atoms. The molecule has 0 fully saturated rings. The van der Waals surface area contributed by atoms with Crippen molar-refractivity contribution in [3.05, 3.63) is 29.6 Å². The van der Waals surface area contributed by atoms with Crippen molar-refractivity contribution < 1.29 is 14.0 Å². The molecule has 1 aromatic rings. The first kappa shape index (κ1) is 14.9. The number of amides is 2. The van der Waals surface area contributed by atoms with Gasteiger partial charge in [0, 0.05) is 12.2 Å². The summed E-state index contributed by atoms with van der Waals surface area (Å²) >= 11 is 0. The van der Waals surface area contributed by atoms with Gasteiger partial charge in [0.25, 0.3) is 5.91 Å². The fourth-order valence-electron chi connectivity index (χ4n) is 1.66. The number of rotatable bonds is 6. The van der Waals surface area contributed by atoms with E-state index in [-0.39, 0.29) is 17.8 Å². The molecule has 6 heteroatoms. The van der Waals surface area contributed by atoms with E-state index in [1.165, 1.54) is 17.0 Å². The van der Waals surface area contributed by atoms with Gasteiger partial charge in [0.1, 0.15) is 5.82 Å². The molecule has 0 aromatic heterocycles. The van der Waals surface area contributed by atoms with E-state index in [0.29, 0.717) is 6.54 Å². The fraction of sp³-hybridized carbons (Fsp3) is 0.385. The van der Waals surface area contributed by atoms with Crippen molar-refractivity contribution in [2.24, 2.45) is 5.73 Å². The Morgan fingerprint density at radius 3 is 2.58 bits per heavy atom. The smallest absolute Gasteiger partial charge is 0.257 e. The summed E-state index contributed by atoms with van der Waals surface area (Å²) in [5.41, 5.74) is 10.7. The molecule has 19 heavy (non-hydrogen) atoms. The molecule has 5 nitrogen and oxygen atoms in total. The number of anilines is 1. The van der Waals surface area contributed by atoms with Crippen LogP contribution in [0.2, 0.25) is 0 Å². The van der Waals surface area contributed by atoms with Gasteiger partial charge in [0.15, 0.2) is 0 Å². The maximum absolute atomic E-state index is 13.7. The van der Waals surface area contributed by atoms with Crippen LogP contribution < -0.4 is 11.5 Å². The lowest BCUT2D eigenvalue weighted by Gasteiger charge is -2.21. The number of carbonyl (C=O) groups excluding carboxylic acids is 2. The molecule has 0 aliphatic carbocycles. The van der Waals surface area contributed by atoms with E-state index >= 15 is 0 Å². The van der Waals surface area contributed by atoms with Crippen molar-refractivity contribution in [1.29, 1.82) is 0 Å². The summed E-state index contributed by atoms with van der Waals surface area (Å²) in [6.45, 7) is 2.10. The summed E-state index contributed by atoms with van der Waals surface area (Å²) in [4.78, 5) is 24.4. The molecule has 0 bridgehead atoms. The second kappa shape index (κ2) is 6.72. The van der Waals surface area contributed by atoms with Crippen LogP contribution in [0.5, 0.6) is 0 Å². The molecule has 1 aromatic carbocycles. The Morgan fingerprint density at radius 1 is 1.37 bits per heavy atom. The van der Waals surface area contributed by atoms with Crippen LogP contribution in [0, 0.1) is 5.82 Å². The Balaban J connectivity index is 2.93.